The summed E-state index contributed by atoms with van der Waals surface area (Å²) < 4.78 is 0. The van der Waals surface area contributed by atoms with Gasteiger partial charge in [-0.25, -0.2) is 29.8 Å². The summed E-state index contributed by atoms with van der Waals surface area (Å²) in [6.07, 6.45) is 0. The SMILES string of the molecule is O=C(O)C1(N=NC2(C(=O)O)N=NNN2N[N+](=O)[O-])N=NNN1N[N+](=O)[O-]. The number of nitro groups is 2. The molecule has 0 aromatic heterocycles. The van der Waals surface area contributed by atoms with Crippen LogP contribution >= 0.6 is 0 Å². The van der Waals surface area contributed by atoms with E-state index < -0.39 is 33.6 Å². The van der Waals surface area contributed by atoms with Crippen molar-refractivity contribution >= 4 is 11.9 Å². The molecule has 0 saturated carbocycles. The van der Waals surface area contributed by atoms with Gasteiger partial charge in [-0.2, -0.15) is 11.1 Å². The van der Waals surface area contributed by atoms with Crippen molar-refractivity contribution < 1.29 is 29.9 Å². The number of azo groups is 1. The van der Waals surface area contributed by atoms with Gasteiger partial charge < -0.3 is 10.2 Å². The van der Waals surface area contributed by atoms with Crippen molar-refractivity contribution in [2.45, 2.75) is 11.6 Å². The average molecular weight is 378 g/mol. The van der Waals surface area contributed by atoms with Crippen LogP contribution in [0.3, 0.4) is 0 Å². The average Bonchev–Trinajstić information content (AvgIpc) is 3.10. The predicted molar refractivity (Wildman–Crippen MR) is 65.5 cm³/mol. The molecule has 140 valence electrons. The van der Waals surface area contributed by atoms with Gasteiger partial charge in [-0.3, -0.25) is 0 Å². The molecule has 0 aromatic rings. The summed E-state index contributed by atoms with van der Waals surface area (Å²) >= 11 is 0. The van der Waals surface area contributed by atoms with Crippen molar-refractivity contribution in [1.82, 2.24) is 32.4 Å². The van der Waals surface area contributed by atoms with E-state index >= 15 is 0 Å². The summed E-state index contributed by atoms with van der Waals surface area (Å²) in [5.74, 6) is -9.93. The predicted octanol–water partition coefficient (Wildman–Crippen LogP) is -3.32. The molecule has 2 aliphatic heterocycles. The minimum absolute atomic E-state index is 0.0547. The van der Waals surface area contributed by atoms with Gasteiger partial charge in [-0.05, 0) is 11.1 Å². The standard InChI is InChI=1S/C4H6N14O8/c19-1(20)3(7-9-11-15(3)13-17(23)24)5-6-4(2(21)22)8-10-12-16(4)14-18(25)26/h13-14H,(H,7,11)(H,8,12)(H,19,20)(H,21,22). The Morgan fingerprint density at radius 2 is 1.27 bits per heavy atom. The van der Waals surface area contributed by atoms with Crippen molar-refractivity contribution in [1.29, 1.82) is 0 Å². The fourth-order valence-corrected chi connectivity index (χ4v) is 1.48. The number of aliphatic carboxylic acids is 2. The van der Waals surface area contributed by atoms with Crippen molar-refractivity contribution in [2.24, 2.45) is 30.9 Å². The van der Waals surface area contributed by atoms with Crippen LogP contribution in [-0.2, 0) is 9.59 Å². The van der Waals surface area contributed by atoms with Crippen LogP contribution in [0.1, 0.15) is 0 Å². The van der Waals surface area contributed by atoms with E-state index in [4.69, 9.17) is 0 Å². The van der Waals surface area contributed by atoms with Gasteiger partial charge in [0, 0.05) is 10.2 Å². The topological polar surface area (TPSA) is 290 Å². The van der Waals surface area contributed by atoms with Gasteiger partial charge in [0.15, 0.2) is 10.1 Å². The molecule has 2 rings (SSSR count). The number of nitrogens with zero attached hydrogens (tertiary/aromatic N) is 10. The second kappa shape index (κ2) is 6.28. The largest absolute Gasteiger partial charge is 0.477 e. The summed E-state index contributed by atoms with van der Waals surface area (Å²) in [5, 5.41) is 55.6. The number of carbonyl (C=O) groups is 2. The first-order valence-corrected chi connectivity index (χ1v) is 5.82. The van der Waals surface area contributed by atoms with Crippen LogP contribution in [0.4, 0.5) is 0 Å². The van der Waals surface area contributed by atoms with Crippen LogP contribution in [-0.4, -0.2) is 54.0 Å². The highest BCUT2D eigenvalue weighted by Gasteiger charge is 2.57. The third-order valence-corrected chi connectivity index (χ3v) is 2.56. The number of carboxylic acid groups (broad SMARTS) is 2. The molecule has 6 N–H and O–H groups in total. The van der Waals surface area contributed by atoms with Gasteiger partial charge in [0.2, 0.25) is 0 Å². The lowest BCUT2D eigenvalue weighted by Gasteiger charge is -2.24. The van der Waals surface area contributed by atoms with E-state index in [9.17, 15) is 40.0 Å². The molecule has 0 bridgehead atoms. The van der Waals surface area contributed by atoms with Crippen LogP contribution in [0.2, 0.25) is 0 Å². The lowest BCUT2D eigenvalue weighted by atomic mass is 10.4. The van der Waals surface area contributed by atoms with E-state index in [0.29, 0.717) is 0 Å². The Bertz CT molecular complexity index is 672. The van der Waals surface area contributed by atoms with Crippen LogP contribution in [0.5, 0.6) is 0 Å². The van der Waals surface area contributed by atoms with Crippen molar-refractivity contribution in [3.8, 4) is 0 Å². The summed E-state index contributed by atoms with van der Waals surface area (Å²) in [7, 11) is 0. The number of hydrogen-bond acceptors (Lipinski definition) is 16. The summed E-state index contributed by atoms with van der Waals surface area (Å²) in [6, 6.07) is 0. The van der Waals surface area contributed by atoms with Crippen LogP contribution in [0.15, 0.2) is 30.9 Å². The van der Waals surface area contributed by atoms with Crippen molar-refractivity contribution in [3.63, 3.8) is 0 Å². The quantitative estimate of drug-likeness (QED) is 0.137. The highest BCUT2D eigenvalue weighted by molar-refractivity contribution is 5.79. The Balaban J connectivity index is 2.44. The monoisotopic (exact) mass is 378 g/mol. The molecular weight excluding hydrogens is 372 g/mol. The number of hydrazine groups is 6. The Morgan fingerprint density at radius 3 is 1.54 bits per heavy atom. The molecule has 0 amide bonds. The molecule has 2 atom stereocenters. The molecule has 0 fully saturated rings. The zero-order valence-corrected chi connectivity index (χ0v) is 11.8. The van der Waals surface area contributed by atoms with E-state index in [2.05, 4.69) is 30.9 Å². The molecular formula is C4H6N14O8. The molecule has 0 saturated heterocycles. The van der Waals surface area contributed by atoms with Crippen LogP contribution in [0.25, 0.3) is 0 Å². The maximum absolute atomic E-state index is 11.4. The molecule has 0 aromatic carbocycles. The van der Waals surface area contributed by atoms with Gasteiger partial charge >= 0.3 is 23.5 Å². The third kappa shape index (κ3) is 2.89. The Labute approximate surface area is 138 Å². The Hall–Kier alpha value is -4.34. The zero-order valence-electron chi connectivity index (χ0n) is 11.8. The zero-order chi connectivity index (χ0) is 19.5. The summed E-state index contributed by atoms with van der Waals surface area (Å²) in [5.41, 5.74) is 6.23. The second-order valence-corrected chi connectivity index (χ2v) is 4.07. The first-order chi connectivity index (χ1) is 12.1. The Kier molecular flexibility index (Phi) is 4.35. The minimum Gasteiger partial charge on any atom is -0.477 e. The maximum atomic E-state index is 11.4. The van der Waals surface area contributed by atoms with Gasteiger partial charge in [0.25, 0.3) is 0 Å². The van der Waals surface area contributed by atoms with Gasteiger partial charge in [0.05, 0.1) is 0 Å². The molecule has 22 nitrogen and oxygen atoms in total. The summed E-state index contributed by atoms with van der Waals surface area (Å²) in [6.45, 7) is 0. The number of hydrogen-bond donors (Lipinski definition) is 6. The van der Waals surface area contributed by atoms with Gasteiger partial charge in [-0.1, -0.05) is 10.4 Å². The van der Waals surface area contributed by atoms with E-state index in [1.54, 1.807) is 11.1 Å². The van der Waals surface area contributed by atoms with Crippen molar-refractivity contribution in [2.75, 3.05) is 0 Å². The fourth-order valence-electron chi connectivity index (χ4n) is 1.48. The van der Waals surface area contributed by atoms with Gasteiger partial charge in [0.1, 0.15) is 0 Å². The molecule has 0 radical (unpaired) electrons. The van der Waals surface area contributed by atoms with Crippen LogP contribution in [0, 0.1) is 20.2 Å². The first-order valence-electron chi connectivity index (χ1n) is 5.82. The maximum Gasteiger partial charge on any atom is 0.383 e. The lowest BCUT2D eigenvalue weighted by molar-refractivity contribution is -0.587. The number of nitrogens with one attached hydrogen (secondary N) is 4. The van der Waals surface area contributed by atoms with Crippen molar-refractivity contribution in [3.05, 3.63) is 20.2 Å². The fraction of sp³-hybridized carbons (Fsp3) is 0.500. The highest BCUT2D eigenvalue weighted by atomic mass is 16.7. The molecule has 2 unspecified atom stereocenters. The van der Waals surface area contributed by atoms with Gasteiger partial charge in [-0.15, -0.1) is 20.5 Å². The van der Waals surface area contributed by atoms with Crippen LogP contribution < -0.4 is 22.1 Å². The molecule has 0 aliphatic carbocycles. The minimum atomic E-state index is -2.98. The van der Waals surface area contributed by atoms with E-state index in [0.717, 1.165) is 0 Å². The normalized spacial score (nSPS) is 27.8. The first kappa shape index (κ1) is 18.0. The molecule has 0 spiro atoms. The number of rotatable bonds is 8. The smallest absolute Gasteiger partial charge is 0.383 e. The molecule has 22 heteroatoms. The summed E-state index contributed by atoms with van der Waals surface area (Å²) in [4.78, 5) is 43.9. The number of carboxylic acids is 2. The lowest BCUT2D eigenvalue weighted by Crippen LogP contribution is -2.62. The Morgan fingerprint density at radius 1 is 0.923 bits per heavy atom. The third-order valence-electron chi connectivity index (χ3n) is 2.56. The molecule has 2 heterocycles. The molecule has 26 heavy (non-hydrogen) atoms. The van der Waals surface area contributed by atoms with E-state index in [-0.39, 0.29) is 10.2 Å². The van der Waals surface area contributed by atoms with E-state index in [1.165, 1.54) is 11.1 Å². The van der Waals surface area contributed by atoms with E-state index in [1.807, 2.05) is 0 Å². The second-order valence-electron chi connectivity index (χ2n) is 4.07. The molecule has 2 aliphatic rings. The highest BCUT2D eigenvalue weighted by Crippen LogP contribution is 2.27.